The van der Waals surface area contributed by atoms with Crippen LogP contribution in [-0.2, 0) is 0 Å². The Balaban J connectivity index is 1.65. The number of thiocarbonyl (C=S) groups is 1. The minimum atomic E-state index is 0.662. The summed E-state index contributed by atoms with van der Waals surface area (Å²) in [7, 11) is 0. The Morgan fingerprint density at radius 2 is 1.96 bits per heavy atom. The molecule has 0 saturated carbocycles. The lowest BCUT2D eigenvalue weighted by atomic mass is 10.1. The Kier molecular flexibility index (Phi) is 7.42. The lowest BCUT2D eigenvalue weighted by Crippen LogP contribution is -2.43. The van der Waals surface area contributed by atoms with Gasteiger partial charge in [0.25, 0.3) is 0 Å². The van der Waals surface area contributed by atoms with Crippen molar-refractivity contribution in [2.24, 2.45) is 0 Å². The predicted octanol–water partition coefficient (Wildman–Crippen LogP) is 2.58. The molecule has 1 aromatic carbocycles. The van der Waals surface area contributed by atoms with Gasteiger partial charge in [-0.1, -0.05) is 13.8 Å². The number of fused-ring (bicyclic) bond motifs is 1. The van der Waals surface area contributed by atoms with E-state index in [-0.39, 0.29) is 0 Å². The van der Waals surface area contributed by atoms with Crippen LogP contribution in [0.3, 0.4) is 0 Å². The molecule has 0 unspecified atom stereocenters. The zero-order chi connectivity index (χ0) is 19.9. The number of anilines is 2. The Bertz CT molecular complexity index is 799. The van der Waals surface area contributed by atoms with E-state index in [1.165, 1.54) is 5.56 Å². The fourth-order valence-corrected chi connectivity index (χ4v) is 3.77. The summed E-state index contributed by atoms with van der Waals surface area (Å²) < 4.78 is 0. The maximum atomic E-state index is 5.45. The summed E-state index contributed by atoms with van der Waals surface area (Å²) in [6, 6.07) is 8.46. The maximum absolute atomic E-state index is 5.45. The van der Waals surface area contributed by atoms with Crippen molar-refractivity contribution in [1.29, 1.82) is 0 Å². The fourth-order valence-electron chi connectivity index (χ4n) is 3.55. The van der Waals surface area contributed by atoms with Gasteiger partial charge in [-0.3, -0.25) is 0 Å². The molecular weight excluding hydrogens is 368 g/mol. The highest BCUT2D eigenvalue weighted by atomic mass is 32.1. The molecule has 0 radical (unpaired) electrons. The normalized spacial score (nSPS) is 14.5. The third-order valence-electron chi connectivity index (χ3n) is 5.31. The highest BCUT2D eigenvalue weighted by Crippen LogP contribution is 2.25. The van der Waals surface area contributed by atoms with Crippen LogP contribution in [0.1, 0.15) is 19.4 Å². The van der Waals surface area contributed by atoms with E-state index >= 15 is 0 Å². The second kappa shape index (κ2) is 10.0. The molecule has 7 heteroatoms. The molecule has 28 heavy (non-hydrogen) atoms. The van der Waals surface area contributed by atoms with E-state index < -0.39 is 0 Å². The van der Waals surface area contributed by atoms with Gasteiger partial charge in [0.1, 0.15) is 5.82 Å². The molecular formula is C21H32N6S. The Hall–Kier alpha value is -1.96. The Morgan fingerprint density at radius 1 is 1.21 bits per heavy atom. The molecule has 0 atom stereocenters. The molecule has 2 aromatic rings. The number of aromatic nitrogens is 1. The summed E-state index contributed by atoms with van der Waals surface area (Å²) in [5.74, 6) is 1.07. The average molecular weight is 401 g/mol. The van der Waals surface area contributed by atoms with Crippen LogP contribution in [0.5, 0.6) is 0 Å². The van der Waals surface area contributed by atoms with Gasteiger partial charge in [0.2, 0.25) is 0 Å². The van der Waals surface area contributed by atoms with E-state index in [2.05, 4.69) is 70.8 Å². The van der Waals surface area contributed by atoms with E-state index in [0.717, 1.165) is 74.8 Å². The summed E-state index contributed by atoms with van der Waals surface area (Å²) in [6.07, 6.45) is 0. The number of aryl methyl sites for hydroxylation is 1. The molecule has 0 aliphatic carbocycles. The molecule has 1 fully saturated rings. The number of hydrogen-bond acceptors (Lipinski definition) is 5. The monoisotopic (exact) mass is 400 g/mol. The van der Waals surface area contributed by atoms with Crippen molar-refractivity contribution in [2.45, 2.75) is 20.8 Å². The second-order valence-corrected chi connectivity index (χ2v) is 7.58. The zero-order valence-corrected chi connectivity index (χ0v) is 18.0. The molecule has 1 aliphatic heterocycles. The number of hydrogen-bond donors (Lipinski definition) is 3. The number of pyridine rings is 1. The van der Waals surface area contributed by atoms with E-state index in [1.807, 2.05) is 0 Å². The molecule has 3 N–H and O–H groups in total. The first kappa shape index (κ1) is 20.8. The Labute approximate surface area is 173 Å². The summed E-state index contributed by atoms with van der Waals surface area (Å²) in [6.45, 7) is 14.5. The Morgan fingerprint density at radius 3 is 2.68 bits per heavy atom. The lowest BCUT2D eigenvalue weighted by molar-refractivity contribution is 0.308. The van der Waals surface area contributed by atoms with E-state index in [1.54, 1.807) is 0 Å². The van der Waals surface area contributed by atoms with Crippen LogP contribution in [0, 0.1) is 6.92 Å². The standard InChI is InChI=1S/C21H32N6S/c1-4-26(5-2)11-10-23-21(28)24-17-6-7-19-18(15-17)16(3)14-20(25-19)27-12-8-22-9-13-27/h6-7,14-15,22H,4-5,8-13H2,1-3H3,(H2,23,24,28). The number of piperazine rings is 1. The van der Waals surface area contributed by atoms with E-state index in [9.17, 15) is 0 Å². The van der Waals surface area contributed by atoms with Crippen LogP contribution < -0.4 is 20.9 Å². The van der Waals surface area contributed by atoms with Gasteiger partial charge in [0.05, 0.1) is 5.52 Å². The first-order chi connectivity index (χ1) is 13.6. The van der Waals surface area contributed by atoms with Crippen LogP contribution in [0.2, 0.25) is 0 Å². The second-order valence-electron chi connectivity index (χ2n) is 7.17. The van der Waals surface area contributed by atoms with Crippen molar-refractivity contribution >= 4 is 39.7 Å². The number of benzene rings is 1. The minimum absolute atomic E-state index is 0.662. The van der Waals surface area contributed by atoms with Gasteiger partial charge in [0.15, 0.2) is 5.11 Å². The molecule has 3 rings (SSSR count). The molecule has 0 amide bonds. The summed E-state index contributed by atoms with van der Waals surface area (Å²) >= 11 is 5.45. The largest absolute Gasteiger partial charge is 0.361 e. The SMILES string of the molecule is CCN(CC)CCNC(=S)Nc1ccc2nc(N3CCNCC3)cc(C)c2c1. The number of rotatable bonds is 7. The molecule has 1 aliphatic rings. The quantitative estimate of drug-likeness (QED) is 0.618. The topological polar surface area (TPSA) is 55.5 Å². The third-order valence-corrected chi connectivity index (χ3v) is 5.56. The molecule has 0 spiro atoms. The molecule has 152 valence electrons. The van der Waals surface area contributed by atoms with Gasteiger partial charge in [-0.25, -0.2) is 4.98 Å². The summed E-state index contributed by atoms with van der Waals surface area (Å²) in [5.41, 5.74) is 3.26. The number of nitrogens with one attached hydrogen (secondary N) is 3. The summed E-state index contributed by atoms with van der Waals surface area (Å²) in [5, 5.41) is 11.8. The number of nitrogens with zero attached hydrogens (tertiary/aromatic N) is 3. The predicted molar refractivity (Wildman–Crippen MR) is 124 cm³/mol. The van der Waals surface area contributed by atoms with Crippen molar-refractivity contribution in [1.82, 2.24) is 20.5 Å². The van der Waals surface area contributed by atoms with Crippen molar-refractivity contribution in [2.75, 3.05) is 62.6 Å². The number of likely N-dealkylation sites (N-methyl/N-ethyl adjacent to an activating group) is 1. The highest BCUT2D eigenvalue weighted by Gasteiger charge is 2.13. The van der Waals surface area contributed by atoms with Crippen molar-refractivity contribution in [3.8, 4) is 0 Å². The van der Waals surface area contributed by atoms with Gasteiger partial charge in [-0.05, 0) is 62.1 Å². The van der Waals surface area contributed by atoms with Gasteiger partial charge in [-0.2, -0.15) is 0 Å². The summed E-state index contributed by atoms with van der Waals surface area (Å²) in [4.78, 5) is 9.61. The smallest absolute Gasteiger partial charge is 0.170 e. The molecule has 1 aromatic heterocycles. The van der Waals surface area contributed by atoms with Gasteiger partial charge in [-0.15, -0.1) is 0 Å². The van der Waals surface area contributed by atoms with Gasteiger partial charge >= 0.3 is 0 Å². The van der Waals surface area contributed by atoms with E-state index in [4.69, 9.17) is 17.2 Å². The van der Waals surface area contributed by atoms with Crippen LogP contribution in [0.15, 0.2) is 24.3 Å². The van der Waals surface area contributed by atoms with Crippen LogP contribution in [-0.4, -0.2) is 67.4 Å². The molecule has 1 saturated heterocycles. The molecule has 6 nitrogen and oxygen atoms in total. The van der Waals surface area contributed by atoms with Gasteiger partial charge in [0, 0.05) is 50.3 Å². The molecule has 2 heterocycles. The first-order valence-electron chi connectivity index (χ1n) is 10.2. The van der Waals surface area contributed by atoms with E-state index in [0.29, 0.717) is 5.11 Å². The minimum Gasteiger partial charge on any atom is -0.361 e. The third kappa shape index (κ3) is 5.31. The van der Waals surface area contributed by atoms with Crippen LogP contribution >= 0.6 is 12.2 Å². The van der Waals surface area contributed by atoms with Crippen LogP contribution in [0.4, 0.5) is 11.5 Å². The highest BCUT2D eigenvalue weighted by molar-refractivity contribution is 7.80. The van der Waals surface area contributed by atoms with Gasteiger partial charge < -0.3 is 25.8 Å². The first-order valence-corrected chi connectivity index (χ1v) is 10.7. The van der Waals surface area contributed by atoms with Crippen molar-refractivity contribution < 1.29 is 0 Å². The zero-order valence-electron chi connectivity index (χ0n) is 17.2. The van der Waals surface area contributed by atoms with Crippen molar-refractivity contribution in [3.63, 3.8) is 0 Å². The fraction of sp³-hybridized carbons (Fsp3) is 0.524. The maximum Gasteiger partial charge on any atom is 0.170 e. The van der Waals surface area contributed by atoms with Crippen molar-refractivity contribution in [3.05, 3.63) is 29.8 Å². The van der Waals surface area contributed by atoms with Crippen LogP contribution in [0.25, 0.3) is 10.9 Å². The average Bonchev–Trinajstić information content (AvgIpc) is 2.72. The molecule has 0 bridgehead atoms. The lowest BCUT2D eigenvalue weighted by Gasteiger charge is -2.29.